The monoisotopic (exact) mass is 441 g/mol. The molecule has 4 rings (SSSR count). The number of ether oxygens (including phenoxy) is 1. The molecule has 164 valence electrons. The molecule has 0 bridgehead atoms. The second-order valence-corrected chi connectivity index (χ2v) is 8.64. The average Bonchev–Trinajstić information content (AvgIpc) is 2.77. The fraction of sp³-hybridized carbons (Fsp3) is 0.417. The number of rotatable bonds is 5. The Morgan fingerprint density at radius 2 is 1.81 bits per heavy atom. The molecule has 7 heteroatoms. The van der Waals surface area contributed by atoms with Gasteiger partial charge in [-0.3, -0.25) is 9.59 Å². The summed E-state index contributed by atoms with van der Waals surface area (Å²) in [6, 6.07) is 11.8. The summed E-state index contributed by atoms with van der Waals surface area (Å²) >= 11 is 6.16. The van der Waals surface area contributed by atoms with E-state index in [-0.39, 0.29) is 18.4 Å². The fourth-order valence-electron chi connectivity index (χ4n) is 4.22. The Morgan fingerprint density at radius 3 is 2.58 bits per heavy atom. The first-order chi connectivity index (χ1) is 14.9. The van der Waals surface area contributed by atoms with Crippen molar-refractivity contribution in [1.82, 2.24) is 4.90 Å². The third-order valence-electron chi connectivity index (χ3n) is 5.97. The maximum atomic E-state index is 12.7. The molecule has 1 saturated heterocycles. The molecule has 6 nitrogen and oxygen atoms in total. The van der Waals surface area contributed by atoms with Crippen molar-refractivity contribution in [2.45, 2.75) is 26.7 Å². The lowest BCUT2D eigenvalue weighted by Crippen LogP contribution is -2.49. The zero-order valence-electron chi connectivity index (χ0n) is 18.1. The molecule has 0 atom stereocenters. The van der Waals surface area contributed by atoms with Crippen LogP contribution >= 0.6 is 11.6 Å². The number of hydrogen-bond acceptors (Lipinski definition) is 4. The van der Waals surface area contributed by atoms with Gasteiger partial charge in [0, 0.05) is 49.9 Å². The summed E-state index contributed by atoms with van der Waals surface area (Å²) in [7, 11) is 0. The van der Waals surface area contributed by atoms with Gasteiger partial charge in [0.15, 0.2) is 6.61 Å². The minimum Gasteiger partial charge on any atom is -0.482 e. The summed E-state index contributed by atoms with van der Waals surface area (Å²) in [6.45, 7) is 7.62. The summed E-state index contributed by atoms with van der Waals surface area (Å²) < 4.78 is 5.53. The van der Waals surface area contributed by atoms with Crippen molar-refractivity contribution < 1.29 is 14.3 Å². The highest BCUT2D eigenvalue weighted by Gasteiger charge is 2.26. The van der Waals surface area contributed by atoms with Crippen molar-refractivity contribution in [2.75, 3.05) is 49.1 Å². The van der Waals surface area contributed by atoms with E-state index in [0.717, 1.165) is 40.8 Å². The first kappa shape index (κ1) is 21.5. The van der Waals surface area contributed by atoms with Crippen molar-refractivity contribution in [3.05, 3.63) is 52.5 Å². The number of carbonyl (C=O) groups is 2. The van der Waals surface area contributed by atoms with Crippen LogP contribution in [0.15, 0.2) is 36.4 Å². The highest BCUT2D eigenvalue weighted by molar-refractivity contribution is 6.30. The summed E-state index contributed by atoms with van der Waals surface area (Å²) in [5, 5.41) is 0.730. The fourth-order valence-corrected chi connectivity index (χ4v) is 4.39. The van der Waals surface area contributed by atoms with Gasteiger partial charge >= 0.3 is 0 Å². The maximum Gasteiger partial charge on any atom is 0.265 e. The van der Waals surface area contributed by atoms with Crippen LogP contribution < -0.4 is 14.5 Å². The van der Waals surface area contributed by atoms with E-state index in [2.05, 4.69) is 11.8 Å². The largest absolute Gasteiger partial charge is 0.482 e. The molecule has 1 fully saturated rings. The van der Waals surface area contributed by atoms with Crippen molar-refractivity contribution in [3.8, 4) is 5.75 Å². The van der Waals surface area contributed by atoms with Gasteiger partial charge in [0.25, 0.3) is 5.91 Å². The van der Waals surface area contributed by atoms with Gasteiger partial charge in [-0.05, 0) is 55.7 Å². The van der Waals surface area contributed by atoms with Crippen LogP contribution in [0.4, 0.5) is 11.4 Å². The zero-order valence-corrected chi connectivity index (χ0v) is 18.8. The Bertz CT molecular complexity index is 986. The Hall–Kier alpha value is -2.73. The lowest BCUT2D eigenvalue weighted by molar-refractivity contribution is -0.131. The predicted molar refractivity (Wildman–Crippen MR) is 123 cm³/mol. The number of carbonyl (C=O) groups excluding carboxylic acids is 2. The van der Waals surface area contributed by atoms with Gasteiger partial charge < -0.3 is 19.4 Å². The van der Waals surface area contributed by atoms with Crippen LogP contribution in [0.25, 0.3) is 0 Å². The van der Waals surface area contributed by atoms with E-state index in [4.69, 9.17) is 16.3 Å². The van der Waals surface area contributed by atoms with Gasteiger partial charge in [0.2, 0.25) is 5.91 Å². The quantitative estimate of drug-likeness (QED) is 0.708. The molecular formula is C24H28ClN3O3. The average molecular weight is 442 g/mol. The van der Waals surface area contributed by atoms with E-state index in [9.17, 15) is 9.59 Å². The van der Waals surface area contributed by atoms with Crippen molar-refractivity contribution in [1.29, 1.82) is 0 Å². The summed E-state index contributed by atoms with van der Waals surface area (Å²) in [5.74, 6) is 0.813. The third-order valence-corrected chi connectivity index (χ3v) is 6.21. The van der Waals surface area contributed by atoms with E-state index in [1.165, 1.54) is 5.56 Å². The predicted octanol–water partition coefficient (Wildman–Crippen LogP) is 3.81. The molecule has 0 spiro atoms. The lowest BCUT2D eigenvalue weighted by Gasteiger charge is -2.37. The van der Waals surface area contributed by atoms with Crippen molar-refractivity contribution in [3.63, 3.8) is 0 Å². The molecule has 2 aliphatic rings. The lowest BCUT2D eigenvalue weighted by atomic mass is 10.1. The van der Waals surface area contributed by atoms with Crippen LogP contribution in [-0.4, -0.2) is 56.0 Å². The Kier molecular flexibility index (Phi) is 6.37. The van der Waals surface area contributed by atoms with Crippen LogP contribution in [0.5, 0.6) is 5.75 Å². The number of amides is 2. The molecule has 2 amide bonds. The second kappa shape index (κ2) is 9.18. The number of fused-ring (bicyclic) bond motifs is 1. The molecule has 0 radical (unpaired) electrons. The van der Waals surface area contributed by atoms with Gasteiger partial charge in [-0.25, -0.2) is 0 Å². The number of benzene rings is 2. The van der Waals surface area contributed by atoms with Gasteiger partial charge in [-0.2, -0.15) is 0 Å². The number of halogens is 1. The Labute approximate surface area is 188 Å². The summed E-state index contributed by atoms with van der Waals surface area (Å²) in [5.41, 5.74) is 4.20. The number of aryl methyl sites for hydroxylation is 2. The standard InChI is InChI=1S/C24H28ClN3O3/c1-17-5-8-22-21(14-17)28(24(30)16-31-22)9-3-4-23(29)27-12-10-26(11-13-27)20-15-19(25)7-6-18(20)2/h5-8,14-15H,3-4,9-13,16H2,1-2H3. The van der Waals surface area contributed by atoms with E-state index in [1.807, 2.05) is 48.2 Å². The number of piperazine rings is 1. The summed E-state index contributed by atoms with van der Waals surface area (Å²) in [4.78, 5) is 31.1. The summed E-state index contributed by atoms with van der Waals surface area (Å²) in [6.07, 6.45) is 1.06. The highest BCUT2D eigenvalue weighted by Crippen LogP contribution is 2.33. The SMILES string of the molecule is Cc1ccc2c(c1)N(CCCC(=O)N1CCN(c3cc(Cl)ccc3C)CC1)C(=O)CO2. The molecule has 2 heterocycles. The minimum absolute atomic E-state index is 0.0505. The molecule has 0 N–H and O–H groups in total. The molecule has 31 heavy (non-hydrogen) atoms. The number of anilines is 2. The molecular weight excluding hydrogens is 414 g/mol. The van der Waals surface area contributed by atoms with Crippen LogP contribution in [-0.2, 0) is 9.59 Å². The smallest absolute Gasteiger partial charge is 0.265 e. The topological polar surface area (TPSA) is 53.1 Å². The third kappa shape index (κ3) is 4.79. The van der Waals surface area contributed by atoms with Gasteiger partial charge in [0.05, 0.1) is 5.69 Å². The van der Waals surface area contributed by atoms with E-state index < -0.39 is 0 Å². The van der Waals surface area contributed by atoms with E-state index in [0.29, 0.717) is 32.5 Å². The van der Waals surface area contributed by atoms with Crippen LogP contribution in [0, 0.1) is 13.8 Å². The first-order valence-electron chi connectivity index (χ1n) is 10.7. The van der Waals surface area contributed by atoms with Crippen LogP contribution in [0.2, 0.25) is 5.02 Å². The van der Waals surface area contributed by atoms with E-state index >= 15 is 0 Å². The molecule has 2 aromatic carbocycles. The minimum atomic E-state index is -0.0592. The molecule has 0 unspecified atom stereocenters. The molecule has 2 aliphatic heterocycles. The van der Waals surface area contributed by atoms with Crippen LogP contribution in [0.1, 0.15) is 24.0 Å². The van der Waals surface area contributed by atoms with Crippen molar-refractivity contribution >= 4 is 34.8 Å². The van der Waals surface area contributed by atoms with Gasteiger partial charge in [-0.1, -0.05) is 23.7 Å². The van der Waals surface area contributed by atoms with Gasteiger partial charge in [0.1, 0.15) is 5.75 Å². The number of hydrogen-bond donors (Lipinski definition) is 0. The molecule has 0 saturated carbocycles. The van der Waals surface area contributed by atoms with Crippen LogP contribution in [0.3, 0.4) is 0 Å². The normalized spacial score (nSPS) is 16.2. The molecule has 0 aliphatic carbocycles. The Morgan fingerprint density at radius 1 is 1.03 bits per heavy atom. The molecule has 2 aromatic rings. The van der Waals surface area contributed by atoms with Crippen molar-refractivity contribution in [2.24, 2.45) is 0 Å². The zero-order chi connectivity index (χ0) is 22.0. The second-order valence-electron chi connectivity index (χ2n) is 8.21. The highest BCUT2D eigenvalue weighted by atomic mass is 35.5. The number of nitrogens with zero attached hydrogens (tertiary/aromatic N) is 3. The maximum absolute atomic E-state index is 12.7. The van der Waals surface area contributed by atoms with Gasteiger partial charge in [-0.15, -0.1) is 0 Å². The Balaban J connectivity index is 1.29. The molecule has 0 aromatic heterocycles. The first-order valence-corrected chi connectivity index (χ1v) is 11.1. The van der Waals surface area contributed by atoms with E-state index in [1.54, 1.807) is 4.90 Å².